The van der Waals surface area contributed by atoms with E-state index in [1.807, 2.05) is 0 Å². The summed E-state index contributed by atoms with van der Waals surface area (Å²) in [5.41, 5.74) is 5.55. The smallest absolute Gasteiger partial charge is 0.326 e. The van der Waals surface area contributed by atoms with Gasteiger partial charge in [0.2, 0.25) is 0 Å². The number of para-hydroxylation sites is 1. The molecule has 0 aliphatic rings. The molecule has 0 aliphatic heterocycles. The number of rotatable bonds is 4. The molecule has 4 nitrogen and oxygen atoms in total. The van der Waals surface area contributed by atoms with Crippen molar-refractivity contribution >= 4 is 5.97 Å². The van der Waals surface area contributed by atoms with E-state index in [2.05, 4.69) is 4.74 Å². The van der Waals surface area contributed by atoms with Gasteiger partial charge in [0.05, 0.1) is 7.11 Å². The molecule has 0 fully saturated rings. The van der Waals surface area contributed by atoms with Crippen LogP contribution in [0.25, 0.3) is 0 Å². The van der Waals surface area contributed by atoms with Crippen molar-refractivity contribution in [3.63, 3.8) is 0 Å². The predicted molar refractivity (Wildman–Crippen MR) is 56.5 cm³/mol. The summed E-state index contributed by atoms with van der Waals surface area (Å²) in [5, 5.41) is 0. The number of carbonyl (C=O) groups excluding carboxylic acids is 1. The van der Waals surface area contributed by atoms with E-state index in [0.717, 1.165) is 0 Å². The molecule has 0 saturated carbocycles. The lowest BCUT2D eigenvalue weighted by molar-refractivity contribution is -0.144. The van der Waals surface area contributed by atoms with Gasteiger partial charge >= 0.3 is 5.97 Å². The number of hydrogen-bond donors (Lipinski definition) is 1. The molecular formula is C11H14FNO3. The second-order valence-electron chi connectivity index (χ2n) is 3.30. The van der Waals surface area contributed by atoms with E-state index in [-0.39, 0.29) is 5.75 Å². The van der Waals surface area contributed by atoms with Crippen molar-refractivity contribution in [2.24, 2.45) is 5.73 Å². The van der Waals surface area contributed by atoms with E-state index in [4.69, 9.17) is 10.5 Å². The molecule has 16 heavy (non-hydrogen) atoms. The van der Waals surface area contributed by atoms with Crippen LogP contribution in [0.5, 0.6) is 5.75 Å². The maximum atomic E-state index is 13.2. The summed E-state index contributed by atoms with van der Waals surface area (Å²) in [6.45, 7) is 1.58. The molecule has 88 valence electrons. The van der Waals surface area contributed by atoms with E-state index in [1.165, 1.54) is 19.2 Å². The first kappa shape index (κ1) is 12.4. The van der Waals surface area contributed by atoms with E-state index >= 15 is 0 Å². The summed E-state index contributed by atoms with van der Waals surface area (Å²) < 4.78 is 22.9. The van der Waals surface area contributed by atoms with Crippen molar-refractivity contribution in [2.75, 3.05) is 7.11 Å². The minimum atomic E-state index is -0.940. The minimum absolute atomic E-state index is 0.0642. The lowest BCUT2D eigenvalue weighted by Gasteiger charge is -2.19. The second-order valence-corrected chi connectivity index (χ2v) is 3.30. The predicted octanol–water partition coefficient (Wildman–Crippen LogP) is 1.09. The van der Waals surface area contributed by atoms with Gasteiger partial charge in [0.1, 0.15) is 12.1 Å². The first-order chi connectivity index (χ1) is 7.56. The van der Waals surface area contributed by atoms with Crippen LogP contribution in [-0.2, 0) is 9.53 Å². The highest BCUT2D eigenvalue weighted by atomic mass is 19.1. The molecule has 0 aromatic heterocycles. The number of nitrogens with two attached hydrogens (primary N) is 1. The molecule has 0 heterocycles. The summed E-state index contributed by atoms with van der Waals surface area (Å²) >= 11 is 0. The Labute approximate surface area is 93.2 Å². The quantitative estimate of drug-likeness (QED) is 0.782. The summed E-state index contributed by atoms with van der Waals surface area (Å²) in [6, 6.07) is 4.98. The van der Waals surface area contributed by atoms with E-state index in [0.29, 0.717) is 0 Å². The normalized spacial score (nSPS) is 14.0. The molecule has 0 bridgehead atoms. The van der Waals surface area contributed by atoms with Crippen LogP contribution in [0.15, 0.2) is 24.3 Å². The van der Waals surface area contributed by atoms with Gasteiger partial charge in [0.15, 0.2) is 11.6 Å². The molecule has 2 N–H and O–H groups in total. The summed E-state index contributed by atoms with van der Waals surface area (Å²) in [6.07, 6.45) is -0.663. The average molecular weight is 227 g/mol. The Hall–Kier alpha value is -1.62. The molecule has 0 aliphatic carbocycles. The second kappa shape index (κ2) is 5.46. The fourth-order valence-electron chi connectivity index (χ4n) is 1.14. The molecule has 1 aromatic rings. The monoisotopic (exact) mass is 227 g/mol. The van der Waals surface area contributed by atoms with Crippen LogP contribution in [-0.4, -0.2) is 25.2 Å². The molecule has 0 spiro atoms. The number of esters is 1. The zero-order valence-corrected chi connectivity index (χ0v) is 9.14. The fraction of sp³-hybridized carbons (Fsp3) is 0.364. The van der Waals surface area contributed by atoms with Crippen molar-refractivity contribution in [1.29, 1.82) is 0 Å². The third-order valence-electron chi connectivity index (χ3n) is 2.13. The highest BCUT2D eigenvalue weighted by molar-refractivity contribution is 5.76. The Bertz CT molecular complexity index is 370. The van der Waals surface area contributed by atoms with E-state index in [1.54, 1.807) is 19.1 Å². The van der Waals surface area contributed by atoms with Crippen molar-refractivity contribution in [3.05, 3.63) is 30.1 Å². The average Bonchev–Trinajstić information content (AvgIpc) is 2.30. The Morgan fingerprint density at radius 1 is 1.44 bits per heavy atom. The SMILES string of the molecule is COC(=O)C(N)C(C)Oc1ccccc1F. The zero-order chi connectivity index (χ0) is 12.1. The lowest BCUT2D eigenvalue weighted by Crippen LogP contribution is -2.44. The first-order valence-electron chi connectivity index (χ1n) is 4.81. The molecule has 0 radical (unpaired) electrons. The zero-order valence-electron chi connectivity index (χ0n) is 9.14. The number of benzene rings is 1. The third-order valence-corrected chi connectivity index (χ3v) is 2.13. The number of methoxy groups -OCH3 is 1. The fourth-order valence-corrected chi connectivity index (χ4v) is 1.14. The highest BCUT2D eigenvalue weighted by Crippen LogP contribution is 2.17. The van der Waals surface area contributed by atoms with Crippen LogP contribution in [0.2, 0.25) is 0 Å². The molecule has 1 rings (SSSR count). The summed E-state index contributed by atoms with van der Waals surface area (Å²) in [7, 11) is 1.23. The van der Waals surface area contributed by atoms with Crippen molar-refractivity contribution in [3.8, 4) is 5.75 Å². The third kappa shape index (κ3) is 2.93. The van der Waals surface area contributed by atoms with Crippen LogP contribution >= 0.6 is 0 Å². The van der Waals surface area contributed by atoms with Crippen LogP contribution in [0.1, 0.15) is 6.92 Å². The van der Waals surface area contributed by atoms with Crippen molar-refractivity contribution in [2.45, 2.75) is 19.1 Å². The standard InChI is InChI=1S/C11H14FNO3/c1-7(10(13)11(14)15-2)16-9-6-4-3-5-8(9)12/h3-7,10H,13H2,1-2H3. The van der Waals surface area contributed by atoms with Gasteiger partial charge in [-0.05, 0) is 19.1 Å². The Kier molecular flexibility index (Phi) is 4.25. The van der Waals surface area contributed by atoms with Crippen LogP contribution in [0, 0.1) is 5.82 Å². The van der Waals surface area contributed by atoms with Gasteiger partial charge in [-0.2, -0.15) is 0 Å². The van der Waals surface area contributed by atoms with Crippen LogP contribution < -0.4 is 10.5 Å². The molecule has 1 aromatic carbocycles. The van der Waals surface area contributed by atoms with E-state index < -0.39 is 23.9 Å². The molecule has 0 saturated heterocycles. The number of carbonyl (C=O) groups is 1. The van der Waals surface area contributed by atoms with Crippen LogP contribution in [0.4, 0.5) is 4.39 Å². The number of halogens is 1. The molecule has 0 amide bonds. The summed E-state index contributed by atoms with van der Waals surface area (Å²) in [5.74, 6) is -1.02. The van der Waals surface area contributed by atoms with Crippen molar-refractivity contribution < 1.29 is 18.7 Å². The van der Waals surface area contributed by atoms with Gasteiger partial charge < -0.3 is 15.2 Å². The minimum Gasteiger partial charge on any atom is -0.485 e. The molecular weight excluding hydrogens is 213 g/mol. The molecule has 2 atom stereocenters. The highest BCUT2D eigenvalue weighted by Gasteiger charge is 2.23. The first-order valence-corrected chi connectivity index (χ1v) is 4.81. The summed E-state index contributed by atoms with van der Waals surface area (Å²) in [4.78, 5) is 11.1. The topological polar surface area (TPSA) is 61.5 Å². The maximum Gasteiger partial charge on any atom is 0.326 e. The lowest BCUT2D eigenvalue weighted by atomic mass is 10.2. The van der Waals surface area contributed by atoms with Crippen molar-refractivity contribution in [1.82, 2.24) is 0 Å². The van der Waals surface area contributed by atoms with Gasteiger partial charge in [0.25, 0.3) is 0 Å². The van der Waals surface area contributed by atoms with E-state index in [9.17, 15) is 9.18 Å². The Balaban J connectivity index is 2.68. The molecule has 2 unspecified atom stereocenters. The maximum absolute atomic E-state index is 13.2. The number of hydrogen-bond acceptors (Lipinski definition) is 4. The molecule has 5 heteroatoms. The Morgan fingerprint density at radius 2 is 2.06 bits per heavy atom. The van der Waals surface area contributed by atoms with Gasteiger partial charge in [-0.15, -0.1) is 0 Å². The van der Waals surface area contributed by atoms with Crippen LogP contribution in [0.3, 0.4) is 0 Å². The van der Waals surface area contributed by atoms with Gasteiger partial charge in [-0.1, -0.05) is 12.1 Å². The van der Waals surface area contributed by atoms with Gasteiger partial charge in [0, 0.05) is 0 Å². The number of ether oxygens (including phenoxy) is 2. The Morgan fingerprint density at radius 3 is 2.62 bits per heavy atom. The van der Waals surface area contributed by atoms with Gasteiger partial charge in [-0.3, -0.25) is 4.79 Å². The van der Waals surface area contributed by atoms with Gasteiger partial charge in [-0.25, -0.2) is 4.39 Å². The largest absolute Gasteiger partial charge is 0.485 e.